The number of nitrogens with zero attached hydrogens (tertiary/aromatic N) is 4. The number of nitrogens with one attached hydrogen (secondary N) is 1. The number of anilines is 1. The molecule has 2 unspecified atom stereocenters. The first-order valence-corrected chi connectivity index (χ1v) is 15.7. The van der Waals surface area contributed by atoms with Crippen LogP contribution in [0.2, 0.25) is 0 Å². The smallest absolute Gasteiger partial charge is 0.407 e. The summed E-state index contributed by atoms with van der Waals surface area (Å²) in [6.07, 6.45) is 1.73. The third-order valence-electron chi connectivity index (χ3n) is 8.80. The van der Waals surface area contributed by atoms with Crippen molar-refractivity contribution >= 4 is 52.6 Å². The number of aromatic nitrogens is 2. The Labute approximate surface area is 259 Å². The normalized spacial score (nSPS) is 24.9. The Kier molecular flexibility index (Phi) is 7.97. The molecule has 2 amide bonds. The molecule has 3 fully saturated rings. The number of ether oxygens (including phenoxy) is 1. The van der Waals surface area contributed by atoms with Crippen molar-refractivity contribution in [3.05, 3.63) is 44.5 Å². The number of carboxylic acids is 2. The first-order chi connectivity index (χ1) is 21.4. The Morgan fingerprint density at radius 3 is 2.58 bits per heavy atom. The molecular weight excluding hydrogens is 613 g/mol. The van der Waals surface area contributed by atoms with Gasteiger partial charge in [-0.2, -0.15) is 0 Å². The van der Waals surface area contributed by atoms with Gasteiger partial charge in [0, 0.05) is 41.9 Å². The highest BCUT2D eigenvalue weighted by molar-refractivity contribution is 8.03. The van der Waals surface area contributed by atoms with Crippen LogP contribution in [-0.4, -0.2) is 97.3 Å². The number of amides is 2. The zero-order chi connectivity index (χ0) is 32.3. The fourth-order valence-electron chi connectivity index (χ4n) is 6.52. The van der Waals surface area contributed by atoms with Gasteiger partial charge in [-0.05, 0) is 32.3 Å². The van der Waals surface area contributed by atoms with E-state index >= 15 is 4.39 Å². The van der Waals surface area contributed by atoms with E-state index in [4.69, 9.17) is 4.74 Å². The van der Waals surface area contributed by atoms with E-state index in [2.05, 4.69) is 10.3 Å². The maximum atomic E-state index is 15.2. The zero-order valence-electron chi connectivity index (χ0n) is 24.4. The molecule has 0 spiro atoms. The SMILES string of the molecule is CC1C(SCCOC(=O)NC2CCN(c3nc4c(cc3F)c(=O)c(C(=O)O)cn4C3CC3)C2)=C(C(=O)O)N2C(=O)[C@@H]([C@@H](C)O)[C@H]12. The number of fused-ring (bicyclic) bond motifs is 2. The molecule has 2 aromatic rings. The molecule has 0 aromatic carbocycles. The van der Waals surface area contributed by atoms with Gasteiger partial charge in [-0.15, -0.1) is 11.8 Å². The number of carboxylic acid groups (broad SMARTS) is 2. The molecular formula is C29H32FN5O9S. The molecule has 5 heterocycles. The third kappa shape index (κ3) is 5.39. The van der Waals surface area contributed by atoms with E-state index in [1.165, 1.54) is 29.8 Å². The number of pyridine rings is 2. The average Bonchev–Trinajstić information content (AvgIpc) is 3.66. The van der Waals surface area contributed by atoms with Gasteiger partial charge in [0.15, 0.2) is 11.6 Å². The Morgan fingerprint density at radius 2 is 1.93 bits per heavy atom. The van der Waals surface area contributed by atoms with Gasteiger partial charge in [0.05, 0.1) is 29.5 Å². The van der Waals surface area contributed by atoms with Gasteiger partial charge in [0.25, 0.3) is 0 Å². The van der Waals surface area contributed by atoms with E-state index in [0.29, 0.717) is 17.9 Å². The summed E-state index contributed by atoms with van der Waals surface area (Å²) in [6.45, 7) is 3.87. The van der Waals surface area contributed by atoms with Crippen LogP contribution in [0.3, 0.4) is 0 Å². The number of halogens is 1. The van der Waals surface area contributed by atoms with Crippen molar-refractivity contribution in [2.45, 2.75) is 57.3 Å². The van der Waals surface area contributed by atoms with Crippen molar-refractivity contribution in [1.29, 1.82) is 0 Å². The van der Waals surface area contributed by atoms with Crippen LogP contribution in [-0.2, 0) is 14.3 Å². The van der Waals surface area contributed by atoms with Crippen LogP contribution >= 0.6 is 11.8 Å². The molecule has 1 aliphatic carbocycles. The second kappa shape index (κ2) is 11.6. The quantitative estimate of drug-likeness (QED) is 0.217. The maximum Gasteiger partial charge on any atom is 0.407 e. The summed E-state index contributed by atoms with van der Waals surface area (Å²) < 4.78 is 22.1. The van der Waals surface area contributed by atoms with Crippen LogP contribution in [0.1, 0.15) is 49.5 Å². The second-order valence-electron chi connectivity index (χ2n) is 11.8. The van der Waals surface area contributed by atoms with Gasteiger partial charge in [-0.1, -0.05) is 6.92 Å². The summed E-state index contributed by atoms with van der Waals surface area (Å²) in [5.74, 6) is -4.51. The van der Waals surface area contributed by atoms with Crippen molar-refractivity contribution < 1.29 is 43.6 Å². The Hall–Kier alpha value is -4.18. The highest BCUT2D eigenvalue weighted by atomic mass is 32.2. The third-order valence-corrected chi connectivity index (χ3v) is 10.1. The highest BCUT2D eigenvalue weighted by Gasteiger charge is 2.59. The van der Waals surface area contributed by atoms with Crippen molar-refractivity contribution in [3.63, 3.8) is 0 Å². The maximum absolute atomic E-state index is 15.2. The van der Waals surface area contributed by atoms with Crippen molar-refractivity contribution in [2.24, 2.45) is 11.8 Å². The standard InChI is InChI=1S/C29H32FN5O9S/c1-12-20-19(13(2)36)26(38)35(20)21(28(41)42)23(12)45-8-7-44-29(43)31-14-5-6-33(10-14)25-18(30)9-16-22(37)17(27(39)40)11-34(15-3-4-15)24(16)32-25/h9,11-15,19-20,36H,3-8,10H2,1-2H3,(H,31,43)(H,39,40)(H,41,42)/t12?,13-,14?,19+,20+/m1/s1. The number of hydrogen-bond donors (Lipinski definition) is 4. The van der Waals surface area contributed by atoms with Crippen LogP contribution in [0.25, 0.3) is 11.0 Å². The largest absolute Gasteiger partial charge is 0.477 e. The molecule has 2 aromatic heterocycles. The van der Waals surface area contributed by atoms with Crippen LogP contribution in [0.4, 0.5) is 15.0 Å². The number of rotatable bonds is 10. The number of thioether (sulfide) groups is 1. The molecule has 4 N–H and O–H groups in total. The van der Waals surface area contributed by atoms with Gasteiger partial charge in [-0.25, -0.2) is 23.8 Å². The molecule has 0 radical (unpaired) electrons. The van der Waals surface area contributed by atoms with E-state index in [-0.39, 0.29) is 59.5 Å². The molecule has 6 rings (SSSR count). The van der Waals surface area contributed by atoms with E-state index in [0.717, 1.165) is 18.9 Å². The molecule has 4 aliphatic rings. The van der Waals surface area contributed by atoms with Crippen molar-refractivity contribution in [2.75, 3.05) is 30.3 Å². The van der Waals surface area contributed by atoms with Crippen LogP contribution < -0.4 is 15.6 Å². The molecule has 1 saturated carbocycles. The minimum Gasteiger partial charge on any atom is -0.477 e. The number of aliphatic hydroxyl groups excluding tert-OH is 1. The average molecular weight is 646 g/mol. The van der Waals surface area contributed by atoms with Gasteiger partial charge >= 0.3 is 18.0 Å². The summed E-state index contributed by atoms with van der Waals surface area (Å²) in [6, 6.07) is 0.200. The predicted molar refractivity (Wildman–Crippen MR) is 158 cm³/mol. The number of carbonyl (C=O) groups is 4. The monoisotopic (exact) mass is 645 g/mol. The molecule has 3 aliphatic heterocycles. The molecule has 5 atom stereocenters. The highest BCUT2D eigenvalue weighted by Crippen LogP contribution is 2.50. The van der Waals surface area contributed by atoms with E-state index in [1.807, 2.05) is 6.92 Å². The second-order valence-corrected chi connectivity index (χ2v) is 12.9. The first-order valence-electron chi connectivity index (χ1n) is 14.7. The van der Waals surface area contributed by atoms with Gasteiger partial charge in [0.2, 0.25) is 11.3 Å². The number of carbonyl (C=O) groups excluding carboxylic acids is 2. The number of hydrogen-bond acceptors (Lipinski definition) is 10. The number of aliphatic hydroxyl groups is 1. The Morgan fingerprint density at radius 1 is 1.20 bits per heavy atom. The predicted octanol–water partition coefficient (Wildman–Crippen LogP) is 1.76. The summed E-state index contributed by atoms with van der Waals surface area (Å²) in [5, 5.41) is 31.8. The topological polar surface area (TPSA) is 192 Å². The lowest BCUT2D eigenvalue weighted by atomic mass is 9.79. The van der Waals surface area contributed by atoms with E-state index in [1.54, 1.807) is 9.47 Å². The van der Waals surface area contributed by atoms with Crippen LogP contribution in [0.5, 0.6) is 0 Å². The molecule has 2 saturated heterocycles. The first kappa shape index (κ1) is 30.8. The molecule has 45 heavy (non-hydrogen) atoms. The lowest BCUT2D eigenvalue weighted by molar-refractivity contribution is -0.163. The molecule has 16 heteroatoms. The van der Waals surface area contributed by atoms with Crippen LogP contribution in [0, 0.1) is 17.7 Å². The van der Waals surface area contributed by atoms with Crippen LogP contribution in [0.15, 0.2) is 27.7 Å². The van der Waals surface area contributed by atoms with Crippen molar-refractivity contribution in [3.8, 4) is 0 Å². The molecule has 0 bridgehead atoms. The molecule has 14 nitrogen and oxygen atoms in total. The zero-order valence-corrected chi connectivity index (χ0v) is 25.3. The van der Waals surface area contributed by atoms with Gasteiger partial charge in [-0.3, -0.25) is 9.59 Å². The minimum absolute atomic E-state index is 0.00246. The van der Waals surface area contributed by atoms with Crippen molar-refractivity contribution in [1.82, 2.24) is 19.8 Å². The van der Waals surface area contributed by atoms with E-state index < -0.39 is 58.8 Å². The Bertz CT molecular complexity index is 1710. The number of alkyl carbamates (subject to hydrolysis) is 1. The summed E-state index contributed by atoms with van der Waals surface area (Å²) in [7, 11) is 0. The lowest BCUT2D eigenvalue weighted by Crippen LogP contribution is -2.63. The Balaban J connectivity index is 1.05. The van der Waals surface area contributed by atoms with E-state index in [9.17, 15) is 39.3 Å². The minimum atomic E-state index is -1.39. The fraction of sp³-hybridized carbons (Fsp3) is 0.517. The summed E-state index contributed by atoms with van der Waals surface area (Å²) in [5.41, 5.74) is -1.12. The lowest BCUT2D eigenvalue weighted by Gasteiger charge is -2.46. The number of aromatic carboxylic acids is 1. The number of β-lactam (4-membered cyclic amide) rings is 1. The summed E-state index contributed by atoms with van der Waals surface area (Å²) >= 11 is 1.19. The number of aliphatic carboxylic acids is 1. The molecule has 240 valence electrons. The van der Waals surface area contributed by atoms with Gasteiger partial charge in [0.1, 0.15) is 23.5 Å². The fourth-order valence-corrected chi connectivity index (χ4v) is 7.63. The van der Waals surface area contributed by atoms with Gasteiger partial charge < -0.3 is 39.7 Å². The summed E-state index contributed by atoms with van der Waals surface area (Å²) in [4.78, 5) is 69.0.